The lowest BCUT2D eigenvalue weighted by Gasteiger charge is -2.09. The van der Waals surface area contributed by atoms with Crippen molar-refractivity contribution in [3.8, 4) is 23.0 Å². The summed E-state index contributed by atoms with van der Waals surface area (Å²) in [5, 5.41) is 8.16. The summed E-state index contributed by atoms with van der Waals surface area (Å²) in [5.74, 6) is 2.74. The normalized spacial score (nSPS) is 11.1. The molecule has 0 aliphatic carbocycles. The Morgan fingerprint density at radius 3 is 1.46 bits per heavy atom. The van der Waals surface area contributed by atoms with Crippen LogP contribution in [0.2, 0.25) is 0 Å². The molecule has 6 nitrogen and oxygen atoms in total. The largest absolute Gasteiger partial charge is 0.493 e. The predicted molar refractivity (Wildman–Crippen MR) is 104 cm³/mol. The van der Waals surface area contributed by atoms with Gasteiger partial charge in [-0.2, -0.15) is 10.2 Å². The molecular formula is C20H24N2O4. The number of benzene rings is 2. The molecule has 0 fully saturated rings. The minimum atomic E-state index is 0.583. The molecule has 0 atom stereocenters. The summed E-state index contributed by atoms with van der Waals surface area (Å²) in [6.07, 6.45) is 3.31. The Labute approximate surface area is 154 Å². The average Bonchev–Trinajstić information content (AvgIpc) is 2.67. The molecule has 0 unspecified atom stereocenters. The number of hydrogen-bond acceptors (Lipinski definition) is 6. The van der Waals surface area contributed by atoms with Crippen LogP contribution in [0.4, 0.5) is 0 Å². The van der Waals surface area contributed by atoms with Crippen LogP contribution in [-0.4, -0.2) is 39.9 Å². The average molecular weight is 356 g/mol. The first kappa shape index (κ1) is 19.3. The quantitative estimate of drug-likeness (QED) is 0.504. The number of ether oxygens (including phenoxy) is 4. The zero-order valence-corrected chi connectivity index (χ0v) is 15.6. The lowest BCUT2D eigenvalue weighted by atomic mass is 10.2. The van der Waals surface area contributed by atoms with Crippen LogP contribution >= 0.6 is 0 Å². The second-order valence-electron chi connectivity index (χ2n) is 5.18. The molecule has 0 amide bonds. The van der Waals surface area contributed by atoms with Gasteiger partial charge in [0.15, 0.2) is 23.0 Å². The summed E-state index contributed by atoms with van der Waals surface area (Å²) >= 11 is 0. The first-order chi connectivity index (χ1) is 12.7. The fourth-order valence-corrected chi connectivity index (χ4v) is 2.28. The Balaban J connectivity index is 2.08. The maximum absolute atomic E-state index is 5.49. The molecule has 2 rings (SSSR count). The van der Waals surface area contributed by atoms with Crippen molar-refractivity contribution < 1.29 is 18.9 Å². The van der Waals surface area contributed by atoms with Gasteiger partial charge in [0, 0.05) is 0 Å². The van der Waals surface area contributed by atoms with E-state index in [1.165, 1.54) is 0 Å². The van der Waals surface area contributed by atoms with E-state index in [4.69, 9.17) is 18.9 Å². The predicted octanol–water partition coefficient (Wildman–Crippen LogP) is 3.95. The fraction of sp³-hybridized carbons (Fsp3) is 0.300. The third kappa shape index (κ3) is 5.24. The van der Waals surface area contributed by atoms with Crippen LogP contribution in [0.1, 0.15) is 25.0 Å². The van der Waals surface area contributed by atoms with E-state index in [1.807, 2.05) is 50.2 Å². The summed E-state index contributed by atoms with van der Waals surface area (Å²) in [6, 6.07) is 11.2. The van der Waals surface area contributed by atoms with E-state index in [2.05, 4.69) is 10.2 Å². The Kier molecular flexibility index (Phi) is 7.49. The Morgan fingerprint density at radius 1 is 0.692 bits per heavy atom. The smallest absolute Gasteiger partial charge is 0.161 e. The van der Waals surface area contributed by atoms with Crippen LogP contribution in [0.5, 0.6) is 23.0 Å². The number of methoxy groups -OCH3 is 2. The molecule has 26 heavy (non-hydrogen) atoms. The highest BCUT2D eigenvalue weighted by molar-refractivity contribution is 5.84. The Bertz CT molecular complexity index is 707. The van der Waals surface area contributed by atoms with Gasteiger partial charge < -0.3 is 18.9 Å². The van der Waals surface area contributed by atoms with Gasteiger partial charge in [0.05, 0.1) is 39.9 Å². The van der Waals surface area contributed by atoms with Crippen LogP contribution in [0.3, 0.4) is 0 Å². The molecule has 0 spiro atoms. The molecule has 2 aromatic carbocycles. The van der Waals surface area contributed by atoms with E-state index in [9.17, 15) is 0 Å². The second-order valence-corrected chi connectivity index (χ2v) is 5.18. The molecule has 0 aliphatic rings. The highest BCUT2D eigenvalue weighted by Crippen LogP contribution is 2.28. The van der Waals surface area contributed by atoms with Crippen LogP contribution in [0.15, 0.2) is 46.6 Å². The van der Waals surface area contributed by atoms with Gasteiger partial charge in [-0.1, -0.05) is 0 Å². The third-order valence-corrected chi connectivity index (χ3v) is 3.46. The van der Waals surface area contributed by atoms with Crippen molar-refractivity contribution in [3.05, 3.63) is 47.5 Å². The second kappa shape index (κ2) is 10.1. The van der Waals surface area contributed by atoms with Crippen molar-refractivity contribution in [1.82, 2.24) is 0 Å². The van der Waals surface area contributed by atoms with E-state index >= 15 is 0 Å². The standard InChI is InChI=1S/C20H24N2O4/c1-5-25-17-9-7-15(11-19(17)23-3)13-21-22-14-16-8-10-18(26-6-2)20(12-16)24-4/h7-14H,5-6H2,1-4H3/b21-13+,22-14+. The molecule has 0 radical (unpaired) electrons. The van der Waals surface area contributed by atoms with Gasteiger partial charge in [-0.3, -0.25) is 0 Å². The summed E-state index contributed by atoms with van der Waals surface area (Å²) in [7, 11) is 3.21. The van der Waals surface area contributed by atoms with Gasteiger partial charge in [0.1, 0.15) is 0 Å². The van der Waals surface area contributed by atoms with Gasteiger partial charge in [0.25, 0.3) is 0 Å². The molecule has 0 N–H and O–H groups in total. The lowest BCUT2D eigenvalue weighted by Crippen LogP contribution is -1.96. The third-order valence-electron chi connectivity index (χ3n) is 3.46. The maximum atomic E-state index is 5.49. The lowest BCUT2D eigenvalue weighted by molar-refractivity contribution is 0.311. The number of nitrogens with zero attached hydrogens (tertiary/aromatic N) is 2. The van der Waals surface area contributed by atoms with Crippen molar-refractivity contribution in [3.63, 3.8) is 0 Å². The summed E-state index contributed by atoms with van der Waals surface area (Å²) in [4.78, 5) is 0. The number of rotatable bonds is 9. The molecule has 138 valence electrons. The summed E-state index contributed by atoms with van der Waals surface area (Å²) in [6.45, 7) is 5.03. The molecule has 0 heterocycles. The van der Waals surface area contributed by atoms with Crippen LogP contribution in [0, 0.1) is 0 Å². The summed E-state index contributed by atoms with van der Waals surface area (Å²) in [5.41, 5.74) is 1.73. The van der Waals surface area contributed by atoms with E-state index in [-0.39, 0.29) is 0 Å². The van der Waals surface area contributed by atoms with Gasteiger partial charge in [0.2, 0.25) is 0 Å². The van der Waals surface area contributed by atoms with Crippen molar-refractivity contribution in [1.29, 1.82) is 0 Å². The molecule has 0 bridgehead atoms. The van der Waals surface area contributed by atoms with Crippen LogP contribution in [-0.2, 0) is 0 Å². The summed E-state index contributed by atoms with van der Waals surface area (Å²) < 4.78 is 21.6. The minimum Gasteiger partial charge on any atom is -0.493 e. The highest BCUT2D eigenvalue weighted by atomic mass is 16.5. The minimum absolute atomic E-state index is 0.583. The van der Waals surface area contributed by atoms with Gasteiger partial charge in [-0.25, -0.2) is 0 Å². The van der Waals surface area contributed by atoms with Gasteiger partial charge in [-0.05, 0) is 61.4 Å². The molecule has 0 saturated heterocycles. The van der Waals surface area contributed by atoms with Gasteiger partial charge >= 0.3 is 0 Å². The van der Waals surface area contributed by atoms with E-state index < -0.39 is 0 Å². The van der Waals surface area contributed by atoms with Crippen molar-refractivity contribution in [2.45, 2.75) is 13.8 Å². The Morgan fingerprint density at radius 2 is 1.12 bits per heavy atom. The highest BCUT2D eigenvalue weighted by Gasteiger charge is 2.05. The van der Waals surface area contributed by atoms with E-state index in [1.54, 1.807) is 26.6 Å². The topological polar surface area (TPSA) is 61.6 Å². The van der Waals surface area contributed by atoms with E-state index in [0.29, 0.717) is 36.2 Å². The first-order valence-corrected chi connectivity index (χ1v) is 8.39. The van der Waals surface area contributed by atoms with Crippen LogP contribution < -0.4 is 18.9 Å². The molecule has 0 saturated carbocycles. The van der Waals surface area contributed by atoms with Crippen LogP contribution in [0.25, 0.3) is 0 Å². The molecule has 6 heteroatoms. The number of hydrogen-bond donors (Lipinski definition) is 0. The van der Waals surface area contributed by atoms with Gasteiger partial charge in [-0.15, -0.1) is 0 Å². The monoisotopic (exact) mass is 356 g/mol. The Hall–Kier alpha value is -3.02. The zero-order chi connectivity index (χ0) is 18.8. The SMILES string of the molecule is CCOc1ccc(/C=N/N=C/c2ccc(OCC)c(OC)c2)cc1OC. The molecule has 0 aliphatic heterocycles. The first-order valence-electron chi connectivity index (χ1n) is 8.39. The van der Waals surface area contributed by atoms with E-state index in [0.717, 1.165) is 11.1 Å². The molecule has 0 aromatic heterocycles. The van der Waals surface area contributed by atoms with Crippen molar-refractivity contribution in [2.75, 3.05) is 27.4 Å². The fourth-order valence-electron chi connectivity index (χ4n) is 2.28. The molecule has 2 aromatic rings. The van der Waals surface area contributed by atoms with Crippen molar-refractivity contribution in [2.24, 2.45) is 10.2 Å². The maximum Gasteiger partial charge on any atom is 0.161 e. The molecular weight excluding hydrogens is 332 g/mol. The zero-order valence-electron chi connectivity index (χ0n) is 15.6. The van der Waals surface area contributed by atoms with Crippen molar-refractivity contribution >= 4 is 12.4 Å².